The van der Waals surface area contributed by atoms with Gasteiger partial charge in [0.25, 0.3) is 0 Å². The van der Waals surface area contributed by atoms with Gasteiger partial charge in [-0.05, 0) is 80.6 Å². The van der Waals surface area contributed by atoms with Gasteiger partial charge in [0.1, 0.15) is 30.5 Å². The van der Waals surface area contributed by atoms with Gasteiger partial charge < -0.3 is 43.1 Å². The Morgan fingerprint density at radius 3 is 2.49 bits per heavy atom. The number of methoxy groups -OCH3 is 1. The molecule has 2 heterocycles. The maximum absolute atomic E-state index is 14.0. The number of benzene rings is 1. The van der Waals surface area contributed by atoms with Crippen LogP contribution in [0, 0.1) is 45.8 Å². The zero-order valence-electron chi connectivity index (χ0n) is 30.5. The standard InChI is InChI=1S/C40H54O11/c1-23(2)30-17-27-18-38(21-41)29-15-14-24(3)28(29)19-39(27,40(30,38)36(42)43)22-48-35-34(51-37(44)47-20-26-11-7-6-8-12-26)33(32(45-5)25(4)49-35)50-31-13-9-10-16-46-31/h6-8,11-12,17,21,23-25,27-29,31-35H,9-10,13-16,18-20,22H2,1-5H3,(H,42,43)/t24?,25-,27?,28?,29?,31?,32-,33-,34+,35-,38?,39?,40?/m1/s1. The number of carboxylic acids is 1. The summed E-state index contributed by atoms with van der Waals surface area (Å²) < 4.78 is 43.2. The highest BCUT2D eigenvalue weighted by Crippen LogP contribution is 2.82. The molecule has 2 aliphatic heterocycles. The van der Waals surface area contributed by atoms with Crippen LogP contribution in [-0.4, -0.2) is 80.8 Å². The van der Waals surface area contributed by atoms with Gasteiger partial charge in [-0.25, -0.2) is 4.79 Å². The quantitative estimate of drug-likeness (QED) is 0.148. The molecule has 3 saturated carbocycles. The molecule has 0 aromatic heterocycles. The molecule has 1 aromatic carbocycles. The first-order valence-corrected chi connectivity index (χ1v) is 18.9. The summed E-state index contributed by atoms with van der Waals surface area (Å²) in [6.45, 7) is 8.68. The zero-order chi connectivity index (χ0) is 36.1. The first kappa shape index (κ1) is 36.5. The number of rotatable bonds is 12. The molecule has 4 aliphatic carbocycles. The van der Waals surface area contributed by atoms with Crippen molar-refractivity contribution in [1.82, 2.24) is 0 Å². The van der Waals surface area contributed by atoms with Gasteiger partial charge in [0.15, 0.2) is 18.7 Å². The smallest absolute Gasteiger partial charge is 0.481 e. The maximum atomic E-state index is 14.0. The van der Waals surface area contributed by atoms with Crippen molar-refractivity contribution >= 4 is 18.4 Å². The van der Waals surface area contributed by atoms with Crippen LogP contribution in [0.4, 0.5) is 4.79 Å². The first-order valence-electron chi connectivity index (χ1n) is 18.9. The van der Waals surface area contributed by atoms with Crippen molar-refractivity contribution in [3.05, 3.63) is 47.5 Å². The fraction of sp³-hybridized carbons (Fsp3) is 0.725. The Kier molecular flexibility index (Phi) is 10.2. The van der Waals surface area contributed by atoms with E-state index in [-0.39, 0.29) is 36.9 Å². The lowest BCUT2D eigenvalue weighted by Crippen LogP contribution is -2.65. The van der Waals surface area contributed by atoms with E-state index >= 15 is 0 Å². The second-order valence-corrected chi connectivity index (χ2v) is 16.2. The molecule has 7 rings (SSSR count). The predicted octanol–water partition coefficient (Wildman–Crippen LogP) is 6.32. The molecule has 11 heteroatoms. The molecule has 0 spiro atoms. The Balaban J connectivity index is 1.23. The van der Waals surface area contributed by atoms with Crippen molar-refractivity contribution in [3.63, 3.8) is 0 Å². The number of carboxylic acid groups (broad SMARTS) is 1. The third-order valence-corrected chi connectivity index (χ3v) is 13.5. The van der Waals surface area contributed by atoms with Gasteiger partial charge in [-0.3, -0.25) is 4.79 Å². The highest BCUT2D eigenvalue weighted by Gasteiger charge is 2.84. The van der Waals surface area contributed by atoms with Gasteiger partial charge in [0.2, 0.25) is 0 Å². The van der Waals surface area contributed by atoms with Crippen molar-refractivity contribution in [3.8, 4) is 0 Å². The number of carbonyl (C=O) groups is 3. The van der Waals surface area contributed by atoms with Crippen LogP contribution in [-0.2, 0) is 49.4 Å². The molecule has 4 bridgehead atoms. The van der Waals surface area contributed by atoms with Crippen molar-refractivity contribution in [1.29, 1.82) is 0 Å². The summed E-state index contributed by atoms with van der Waals surface area (Å²) in [6.07, 6.45) is 2.84. The number of allylic oxidation sites excluding steroid dienone is 1. The average molecular weight is 711 g/mol. The fourth-order valence-electron chi connectivity index (χ4n) is 11.4. The third-order valence-electron chi connectivity index (χ3n) is 13.5. The van der Waals surface area contributed by atoms with Crippen molar-refractivity contribution in [2.24, 2.45) is 45.8 Å². The molecule has 13 atom stereocenters. The maximum Gasteiger partial charge on any atom is 0.509 e. The third kappa shape index (κ3) is 5.68. The number of aldehydes is 1. The van der Waals surface area contributed by atoms with Crippen molar-refractivity contribution < 1.29 is 52.6 Å². The van der Waals surface area contributed by atoms with Crippen LogP contribution in [0.5, 0.6) is 0 Å². The summed E-state index contributed by atoms with van der Waals surface area (Å²) in [5.74, 6) is -0.644. The van der Waals surface area contributed by atoms with E-state index in [9.17, 15) is 19.5 Å². The SMILES string of the molecule is CO[C@H]1[C@@H](OC2CCCCO2)[C@H](OC(=O)OCc2ccccc2)[C@H](OCC23CC4C(C)CCC4C4(C=O)CC2C=C(C(C)C)C43C(=O)O)O[C@@H]1C. The van der Waals surface area contributed by atoms with Gasteiger partial charge in [0.05, 0.1) is 18.1 Å². The van der Waals surface area contributed by atoms with E-state index < -0.39 is 65.4 Å². The summed E-state index contributed by atoms with van der Waals surface area (Å²) in [7, 11) is 1.56. The Morgan fingerprint density at radius 2 is 1.82 bits per heavy atom. The van der Waals surface area contributed by atoms with Gasteiger partial charge in [-0.2, -0.15) is 0 Å². The summed E-state index contributed by atoms with van der Waals surface area (Å²) in [4.78, 5) is 40.9. The normalized spacial score (nSPS) is 42.7. The van der Waals surface area contributed by atoms with E-state index in [4.69, 9.17) is 33.2 Å². The van der Waals surface area contributed by atoms with E-state index in [1.807, 2.05) is 51.1 Å². The topological polar surface area (TPSA) is 136 Å². The highest BCUT2D eigenvalue weighted by atomic mass is 16.8. The number of hydrogen-bond donors (Lipinski definition) is 1. The summed E-state index contributed by atoms with van der Waals surface area (Å²) in [6, 6.07) is 9.31. The second-order valence-electron chi connectivity index (χ2n) is 16.2. The van der Waals surface area contributed by atoms with E-state index in [1.54, 1.807) is 7.11 Å². The molecule has 6 aliphatic rings. The largest absolute Gasteiger partial charge is 0.509 e. The summed E-state index contributed by atoms with van der Waals surface area (Å²) in [5, 5.41) is 11.4. The van der Waals surface area contributed by atoms with Crippen LogP contribution in [0.25, 0.3) is 0 Å². The first-order chi connectivity index (χ1) is 24.5. The van der Waals surface area contributed by atoms with Gasteiger partial charge in [-0.15, -0.1) is 0 Å². The number of fused-ring (bicyclic) bond motifs is 2. The lowest BCUT2D eigenvalue weighted by molar-refractivity contribution is -0.333. The number of ether oxygens (including phenoxy) is 7. The predicted molar refractivity (Wildman–Crippen MR) is 183 cm³/mol. The molecule has 5 fully saturated rings. The second kappa shape index (κ2) is 14.2. The Morgan fingerprint density at radius 1 is 1.04 bits per heavy atom. The van der Waals surface area contributed by atoms with E-state index in [1.165, 1.54) is 0 Å². The minimum absolute atomic E-state index is 0.00108. The number of hydrogen-bond acceptors (Lipinski definition) is 10. The minimum atomic E-state index is -1.42. The van der Waals surface area contributed by atoms with Crippen LogP contribution < -0.4 is 0 Å². The van der Waals surface area contributed by atoms with Crippen LogP contribution >= 0.6 is 0 Å². The van der Waals surface area contributed by atoms with Gasteiger partial charge >= 0.3 is 12.1 Å². The minimum Gasteiger partial charge on any atom is -0.481 e. The monoisotopic (exact) mass is 710 g/mol. The fourth-order valence-corrected chi connectivity index (χ4v) is 11.4. The Bertz CT molecular complexity index is 1470. The zero-order valence-corrected chi connectivity index (χ0v) is 30.5. The Labute approximate surface area is 300 Å². The number of carbonyl (C=O) groups excluding carboxylic acids is 2. The van der Waals surface area contributed by atoms with E-state index in [0.717, 1.165) is 43.1 Å². The van der Waals surface area contributed by atoms with Crippen LogP contribution in [0.3, 0.4) is 0 Å². The molecule has 8 unspecified atom stereocenters. The molecule has 2 saturated heterocycles. The molecule has 0 radical (unpaired) electrons. The van der Waals surface area contributed by atoms with Crippen LogP contribution in [0.1, 0.15) is 78.2 Å². The van der Waals surface area contributed by atoms with E-state index in [0.29, 0.717) is 31.8 Å². The lowest BCUT2D eigenvalue weighted by Gasteiger charge is -2.58. The molecule has 0 amide bonds. The van der Waals surface area contributed by atoms with Gasteiger partial charge in [0, 0.05) is 19.1 Å². The molecular weight excluding hydrogens is 656 g/mol. The number of aliphatic carboxylic acids is 1. The molecule has 51 heavy (non-hydrogen) atoms. The molecular formula is C40H54O11. The van der Waals surface area contributed by atoms with Crippen molar-refractivity contribution in [2.45, 2.75) is 116 Å². The summed E-state index contributed by atoms with van der Waals surface area (Å²) in [5.41, 5.74) is -1.72. The summed E-state index contributed by atoms with van der Waals surface area (Å²) >= 11 is 0. The van der Waals surface area contributed by atoms with Gasteiger partial charge in [-0.1, -0.05) is 69.2 Å². The molecule has 1 N–H and O–H groups in total. The lowest BCUT2D eigenvalue weighted by atomic mass is 9.43. The molecule has 280 valence electrons. The van der Waals surface area contributed by atoms with Crippen LogP contribution in [0.15, 0.2) is 42.0 Å². The van der Waals surface area contributed by atoms with Crippen LogP contribution in [0.2, 0.25) is 0 Å². The van der Waals surface area contributed by atoms with Crippen molar-refractivity contribution in [2.75, 3.05) is 20.3 Å². The van der Waals surface area contributed by atoms with E-state index in [2.05, 4.69) is 13.0 Å². The molecule has 11 nitrogen and oxygen atoms in total. The molecule has 1 aromatic rings. The highest BCUT2D eigenvalue weighted by molar-refractivity contribution is 5.90. The Hall–Kier alpha value is -2.83. The average Bonchev–Trinajstić information content (AvgIpc) is 3.70.